The Morgan fingerprint density at radius 3 is 2.54 bits per heavy atom. The Labute approximate surface area is 152 Å². The molecule has 1 aromatic heterocycles. The average Bonchev–Trinajstić information content (AvgIpc) is 3.31. The van der Waals surface area contributed by atoms with E-state index in [9.17, 15) is 17.6 Å². The molecule has 3 aliphatic rings. The molecule has 140 valence electrons. The fraction of sp³-hybridized carbons (Fsp3) is 0.500. The monoisotopic (exact) mass is 389 g/mol. The summed E-state index contributed by atoms with van der Waals surface area (Å²) in [6.07, 6.45) is -1.68. The molecule has 26 heavy (non-hydrogen) atoms. The summed E-state index contributed by atoms with van der Waals surface area (Å²) in [5.74, 6) is -0.555. The third kappa shape index (κ3) is 2.55. The van der Waals surface area contributed by atoms with Crippen LogP contribution in [0, 0.1) is 0 Å². The second-order valence-corrected chi connectivity index (χ2v) is 7.93. The molecule has 2 atom stereocenters. The summed E-state index contributed by atoms with van der Waals surface area (Å²) in [5.41, 5.74) is -2.04. The van der Waals surface area contributed by atoms with Crippen molar-refractivity contribution in [1.82, 2.24) is 4.98 Å². The minimum Gasteiger partial charge on any atom is -0.490 e. The highest BCUT2D eigenvalue weighted by Gasteiger charge is 2.68. The fourth-order valence-corrected chi connectivity index (χ4v) is 3.59. The van der Waals surface area contributed by atoms with E-state index in [1.807, 2.05) is 13.8 Å². The molecular weight excluding hydrogens is 374 g/mol. The van der Waals surface area contributed by atoms with Crippen LogP contribution in [0.4, 0.5) is 17.6 Å². The smallest absolute Gasteiger partial charge is 0.425 e. The minimum absolute atomic E-state index is 0.0175. The van der Waals surface area contributed by atoms with Crippen LogP contribution in [-0.2, 0) is 15.8 Å². The van der Waals surface area contributed by atoms with Crippen LogP contribution in [0.15, 0.2) is 29.1 Å². The molecule has 0 bridgehead atoms. The van der Waals surface area contributed by atoms with Gasteiger partial charge in [-0.1, -0.05) is 31.5 Å². The molecule has 0 amide bonds. The van der Waals surface area contributed by atoms with Crippen molar-refractivity contribution in [1.29, 1.82) is 0 Å². The number of aromatic nitrogens is 1. The standard InChI is InChI=1S/C18H16ClF4NO2/c1-16(2)7-25-15-10(16)6-13(17(8-26-17)18(21,22)23)24-14(15)9-3-4-12(20)11(19)5-9/h3-4,6,9H,5,7-8H2,1-2H3. The summed E-state index contributed by atoms with van der Waals surface area (Å²) in [5, 5.41) is 0.0175. The van der Waals surface area contributed by atoms with Crippen molar-refractivity contribution < 1.29 is 27.0 Å². The number of epoxide rings is 1. The maximum absolute atomic E-state index is 13.5. The van der Waals surface area contributed by atoms with Crippen LogP contribution in [0.2, 0.25) is 0 Å². The van der Waals surface area contributed by atoms with E-state index in [4.69, 9.17) is 21.1 Å². The third-order valence-electron chi connectivity index (χ3n) is 5.09. The summed E-state index contributed by atoms with van der Waals surface area (Å²) < 4.78 is 64.7. The van der Waals surface area contributed by atoms with E-state index < -0.39 is 35.5 Å². The predicted octanol–water partition coefficient (Wildman–Crippen LogP) is 5.00. The minimum atomic E-state index is -4.57. The maximum Gasteiger partial charge on any atom is 0.425 e. The lowest BCUT2D eigenvalue weighted by Gasteiger charge is -2.23. The molecule has 0 N–H and O–H groups in total. The average molecular weight is 390 g/mol. The number of hydrogen-bond donors (Lipinski definition) is 0. The van der Waals surface area contributed by atoms with Gasteiger partial charge in [0.25, 0.3) is 0 Å². The molecule has 1 saturated heterocycles. The van der Waals surface area contributed by atoms with Gasteiger partial charge >= 0.3 is 6.18 Å². The molecular formula is C18H16ClF4NO2. The largest absolute Gasteiger partial charge is 0.490 e. The number of rotatable bonds is 2. The van der Waals surface area contributed by atoms with Gasteiger partial charge in [-0.15, -0.1) is 0 Å². The molecule has 0 aromatic carbocycles. The summed E-state index contributed by atoms with van der Waals surface area (Å²) in [6, 6.07) is 1.43. The van der Waals surface area contributed by atoms with Gasteiger partial charge < -0.3 is 9.47 Å². The highest BCUT2D eigenvalue weighted by Crippen LogP contribution is 2.54. The van der Waals surface area contributed by atoms with Crippen molar-refractivity contribution in [3.63, 3.8) is 0 Å². The lowest BCUT2D eigenvalue weighted by molar-refractivity contribution is -0.188. The first-order valence-corrected chi connectivity index (χ1v) is 8.55. The van der Waals surface area contributed by atoms with Crippen LogP contribution in [0.3, 0.4) is 0 Å². The zero-order valence-corrected chi connectivity index (χ0v) is 14.8. The number of nitrogens with zero attached hydrogens (tertiary/aromatic N) is 1. The van der Waals surface area contributed by atoms with Crippen LogP contribution in [0.5, 0.6) is 5.75 Å². The van der Waals surface area contributed by atoms with E-state index in [1.165, 1.54) is 12.1 Å². The van der Waals surface area contributed by atoms with Gasteiger partial charge in [-0.25, -0.2) is 9.37 Å². The lowest BCUT2D eigenvalue weighted by Crippen LogP contribution is -2.32. The first-order valence-electron chi connectivity index (χ1n) is 8.17. The van der Waals surface area contributed by atoms with Gasteiger partial charge in [-0.3, -0.25) is 0 Å². The van der Waals surface area contributed by atoms with Crippen molar-refractivity contribution in [2.24, 2.45) is 0 Å². The fourth-order valence-electron chi connectivity index (χ4n) is 3.36. The first-order chi connectivity index (χ1) is 12.1. The number of alkyl halides is 3. The molecule has 0 saturated carbocycles. The van der Waals surface area contributed by atoms with Gasteiger partial charge in [-0.2, -0.15) is 13.2 Å². The molecule has 0 radical (unpaired) electrons. The van der Waals surface area contributed by atoms with Crippen molar-refractivity contribution in [3.8, 4) is 5.75 Å². The van der Waals surface area contributed by atoms with Gasteiger partial charge in [0.05, 0.1) is 29.6 Å². The molecule has 2 unspecified atom stereocenters. The van der Waals surface area contributed by atoms with Crippen molar-refractivity contribution in [2.75, 3.05) is 13.2 Å². The van der Waals surface area contributed by atoms with Gasteiger partial charge in [0.1, 0.15) is 11.6 Å². The lowest BCUT2D eigenvalue weighted by atomic mass is 9.83. The predicted molar refractivity (Wildman–Crippen MR) is 86.9 cm³/mol. The summed E-state index contributed by atoms with van der Waals surface area (Å²) in [4.78, 5) is 4.27. The summed E-state index contributed by atoms with van der Waals surface area (Å²) in [7, 11) is 0. The molecule has 8 heteroatoms. The quantitative estimate of drug-likeness (QED) is 0.527. The van der Waals surface area contributed by atoms with E-state index in [0.29, 0.717) is 23.6 Å². The Morgan fingerprint density at radius 2 is 1.96 bits per heavy atom. The molecule has 1 aromatic rings. The van der Waals surface area contributed by atoms with E-state index in [1.54, 1.807) is 6.08 Å². The van der Waals surface area contributed by atoms with Crippen LogP contribution in [0.1, 0.15) is 43.1 Å². The molecule has 2 aliphatic heterocycles. The topological polar surface area (TPSA) is 34.6 Å². The number of ether oxygens (including phenoxy) is 2. The Balaban J connectivity index is 1.86. The highest BCUT2D eigenvalue weighted by molar-refractivity contribution is 6.30. The summed E-state index contributed by atoms with van der Waals surface area (Å²) >= 11 is 5.91. The van der Waals surface area contributed by atoms with Crippen LogP contribution < -0.4 is 4.74 Å². The van der Waals surface area contributed by atoms with Crippen LogP contribution in [0.25, 0.3) is 0 Å². The molecule has 1 aliphatic carbocycles. The Bertz CT molecular complexity index is 840. The third-order valence-corrected chi connectivity index (χ3v) is 5.43. The SMILES string of the molecule is CC1(C)COc2c1cc(C1(C(F)(F)F)CO1)nc2C1C=CC(F)=C(Cl)C1. The number of fused-ring (bicyclic) bond motifs is 1. The van der Waals surface area contributed by atoms with E-state index in [2.05, 4.69) is 4.98 Å². The normalized spacial score (nSPS) is 29.6. The molecule has 3 nitrogen and oxygen atoms in total. The van der Waals surface area contributed by atoms with Crippen molar-refractivity contribution in [2.45, 2.75) is 43.4 Å². The Morgan fingerprint density at radius 1 is 1.27 bits per heavy atom. The van der Waals surface area contributed by atoms with Gasteiger partial charge in [0.15, 0.2) is 0 Å². The van der Waals surface area contributed by atoms with E-state index in [0.717, 1.165) is 0 Å². The second-order valence-electron chi connectivity index (χ2n) is 7.48. The molecule has 1 fully saturated rings. The molecule has 3 heterocycles. The number of allylic oxidation sites excluding steroid dienone is 4. The van der Waals surface area contributed by atoms with Gasteiger partial charge in [-0.05, 0) is 18.6 Å². The number of hydrogen-bond acceptors (Lipinski definition) is 3. The zero-order chi connectivity index (χ0) is 18.9. The Hall–Kier alpha value is -1.60. The second kappa shape index (κ2) is 5.45. The van der Waals surface area contributed by atoms with Crippen LogP contribution >= 0.6 is 11.6 Å². The number of halogens is 5. The Kier molecular flexibility index (Phi) is 3.73. The molecule has 4 rings (SSSR count). The maximum atomic E-state index is 13.5. The van der Waals surface area contributed by atoms with Crippen molar-refractivity contribution in [3.05, 3.63) is 46.0 Å². The number of pyridine rings is 1. The summed E-state index contributed by atoms with van der Waals surface area (Å²) in [6.45, 7) is 3.65. The van der Waals surface area contributed by atoms with Crippen molar-refractivity contribution >= 4 is 11.6 Å². The van der Waals surface area contributed by atoms with E-state index >= 15 is 0 Å². The van der Waals surface area contributed by atoms with E-state index in [-0.39, 0.29) is 17.1 Å². The highest BCUT2D eigenvalue weighted by atomic mass is 35.5. The van der Waals surface area contributed by atoms with Gasteiger partial charge in [0.2, 0.25) is 5.60 Å². The van der Waals surface area contributed by atoms with Crippen LogP contribution in [-0.4, -0.2) is 24.4 Å². The molecule has 0 spiro atoms. The van der Waals surface area contributed by atoms with Gasteiger partial charge in [0, 0.05) is 16.9 Å². The zero-order valence-electron chi connectivity index (χ0n) is 14.1. The first kappa shape index (κ1) is 17.8.